The Bertz CT molecular complexity index is 646. The molecule has 0 aliphatic carbocycles. The lowest BCUT2D eigenvalue weighted by Gasteiger charge is -2.10. The lowest BCUT2D eigenvalue weighted by molar-refractivity contribution is -0.116. The number of benzene rings is 1. The van der Waals surface area contributed by atoms with E-state index in [1.54, 1.807) is 30.6 Å². The Hall–Kier alpha value is -2.46. The van der Waals surface area contributed by atoms with Crippen LogP contribution >= 0.6 is 0 Å². The van der Waals surface area contributed by atoms with Crippen molar-refractivity contribution in [3.05, 3.63) is 71.1 Å². The van der Waals surface area contributed by atoms with E-state index in [0.717, 1.165) is 22.3 Å². The summed E-state index contributed by atoms with van der Waals surface area (Å²) in [5.41, 5.74) is 4.04. The predicted molar refractivity (Wildman–Crippen MR) is 87.2 cm³/mol. The summed E-state index contributed by atoms with van der Waals surface area (Å²) in [6.45, 7) is 4.21. The maximum Gasteiger partial charge on any atom is 0.244 e. The molecule has 1 aromatic carbocycles. The second kappa shape index (κ2) is 7.52. The van der Waals surface area contributed by atoms with Crippen molar-refractivity contribution in [1.29, 1.82) is 0 Å². The van der Waals surface area contributed by atoms with Gasteiger partial charge < -0.3 is 10.4 Å². The van der Waals surface area contributed by atoms with Gasteiger partial charge in [-0.25, -0.2) is 0 Å². The number of carbonyl (C=O) groups excluding carboxylic acids is 1. The van der Waals surface area contributed by atoms with Gasteiger partial charge >= 0.3 is 0 Å². The number of aliphatic hydroxyl groups excluding tert-OH is 1. The molecule has 4 nitrogen and oxygen atoms in total. The Morgan fingerprint density at radius 2 is 1.86 bits per heavy atom. The van der Waals surface area contributed by atoms with Gasteiger partial charge in [-0.15, -0.1) is 0 Å². The van der Waals surface area contributed by atoms with Crippen LogP contribution in [0.2, 0.25) is 0 Å². The summed E-state index contributed by atoms with van der Waals surface area (Å²) in [5.74, 6) is -0.229. The molecule has 0 saturated carbocycles. The molecule has 1 amide bonds. The molecule has 1 aromatic heterocycles. The fourth-order valence-corrected chi connectivity index (χ4v) is 2.24. The molecule has 0 fully saturated rings. The normalized spacial score (nSPS) is 12.3. The number of hydrogen-bond acceptors (Lipinski definition) is 3. The van der Waals surface area contributed by atoms with Crippen molar-refractivity contribution in [1.82, 2.24) is 10.3 Å². The van der Waals surface area contributed by atoms with Gasteiger partial charge in [-0.2, -0.15) is 0 Å². The van der Waals surface area contributed by atoms with Gasteiger partial charge in [0.1, 0.15) is 0 Å². The quantitative estimate of drug-likeness (QED) is 0.834. The van der Waals surface area contributed by atoms with Gasteiger partial charge in [-0.3, -0.25) is 9.78 Å². The third-order valence-corrected chi connectivity index (χ3v) is 3.23. The van der Waals surface area contributed by atoms with Crippen LogP contribution in [0.1, 0.15) is 28.4 Å². The number of carbonyl (C=O) groups is 1. The Kier molecular flexibility index (Phi) is 5.44. The molecule has 2 N–H and O–H groups in total. The first-order chi connectivity index (χ1) is 10.5. The average Bonchev–Trinajstić information content (AvgIpc) is 2.50. The topological polar surface area (TPSA) is 62.2 Å². The van der Waals surface area contributed by atoms with Crippen molar-refractivity contribution in [3.63, 3.8) is 0 Å². The van der Waals surface area contributed by atoms with E-state index >= 15 is 0 Å². The number of rotatable bonds is 5. The summed E-state index contributed by atoms with van der Waals surface area (Å²) in [4.78, 5) is 15.7. The zero-order valence-electron chi connectivity index (χ0n) is 12.8. The zero-order valence-corrected chi connectivity index (χ0v) is 12.8. The highest BCUT2D eigenvalue weighted by atomic mass is 16.3. The molecule has 4 heteroatoms. The van der Waals surface area contributed by atoms with Crippen molar-refractivity contribution in [3.8, 4) is 0 Å². The summed E-state index contributed by atoms with van der Waals surface area (Å²) in [5, 5.41) is 12.6. The summed E-state index contributed by atoms with van der Waals surface area (Å²) < 4.78 is 0. The summed E-state index contributed by atoms with van der Waals surface area (Å²) in [6, 6.07) is 9.57. The molecule has 114 valence electrons. The van der Waals surface area contributed by atoms with Gasteiger partial charge in [0.05, 0.1) is 6.10 Å². The summed E-state index contributed by atoms with van der Waals surface area (Å²) in [6.07, 6.45) is 5.74. The first kappa shape index (κ1) is 15.9. The lowest BCUT2D eigenvalue weighted by Crippen LogP contribution is -2.26. The molecular weight excluding hydrogens is 276 g/mol. The standard InChI is InChI=1S/C18H20N2O2/c1-13-9-14(2)11-15(10-13)3-4-18(22)20-12-17(21)16-5-7-19-8-6-16/h3-11,17,21H,12H2,1-2H3,(H,20,22)/b4-3+. The molecule has 0 spiro atoms. The summed E-state index contributed by atoms with van der Waals surface area (Å²) in [7, 11) is 0. The number of pyridine rings is 1. The van der Waals surface area contributed by atoms with Gasteiger partial charge in [-0.05, 0) is 43.2 Å². The molecule has 22 heavy (non-hydrogen) atoms. The Morgan fingerprint density at radius 3 is 2.50 bits per heavy atom. The van der Waals surface area contributed by atoms with E-state index in [-0.39, 0.29) is 12.5 Å². The highest BCUT2D eigenvalue weighted by Gasteiger charge is 2.07. The van der Waals surface area contributed by atoms with E-state index in [2.05, 4.69) is 16.4 Å². The molecule has 2 rings (SSSR count). The third-order valence-electron chi connectivity index (χ3n) is 3.23. The number of aryl methyl sites for hydroxylation is 2. The van der Waals surface area contributed by atoms with Gasteiger partial charge in [0.2, 0.25) is 5.91 Å². The molecule has 1 atom stereocenters. The molecule has 0 aliphatic heterocycles. The average molecular weight is 296 g/mol. The molecule has 1 heterocycles. The number of hydrogen-bond donors (Lipinski definition) is 2. The van der Waals surface area contributed by atoms with Gasteiger partial charge in [0.15, 0.2) is 0 Å². The van der Waals surface area contributed by atoms with E-state index in [1.165, 1.54) is 6.08 Å². The third kappa shape index (κ3) is 4.82. The van der Waals surface area contributed by atoms with Crippen LogP contribution in [0.15, 0.2) is 48.8 Å². The lowest BCUT2D eigenvalue weighted by atomic mass is 10.1. The van der Waals surface area contributed by atoms with Crippen LogP contribution in [0, 0.1) is 13.8 Å². The van der Waals surface area contributed by atoms with Crippen LogP contribution in [-0.4, -0.2) is 22.5 Å². The van der Waals surface area contributed by atoms with Crippen LogP contribution in [0.25, 0.3) is 6.08 Å². The highest BCUT2D eigenvalue weighted by molar-refractivity contribution is 5.91. The number of nitrogens with one attached hydrogen (secondary N) is 1. The Labute approximate surface area is 130 Å². The first-order valence-electron chi connectivity index (χ1n) is 7.17. The molecule has 0 radical (unpaired) electrons. The highest BCUT2D eigenvalue weighted by Crippen LogP contribution is 2.11. The van der Waals surface area contributed by atoms with Gasteiger partial charge in [0, 0.05) is 25.0 Å². The van der Waals surface area contributed by atoms with Gasteiger partial charge in [-0.1, -0.05) is 29.3 Å². The fourth-order valence-electron chi connectivity index (χ4n) is 2.24. The van der Waals surface area contributed by atoms with Crippen LogP contribution in [0.4, 0.5) is 0 Å². The largest absolute Gasteiger partial charge is 0.387 e. The minimum atomic E-state index is -0.735. The number of aliphatic hydroxyl groups is 1. The minimum Gasteiger partial charge on any atom is -0.387 e. The second-order valence-electron chi connectivity index (χ2n) is 5.30. The SMILES string of the molecule is Cc1cc(C)cc(/C=C/C(=O)NCC(O)c2ccncc2)c1. The van der Waals surface area contributed by atoms with Crippen molar-refractivity contribution in [2.75, 3.05) is 6.54 Å². The van der Waals surface area contributed by atoms with E-state index in [9.17, 15) is 9.90 Å². The Balaban J connectivity index is 1.89. The molecule has 2 aromatic rings. The smallest absolute Gasteiger partial charge is 0.244 e. The molecule has 1 unspecified atom stereocenters. The fraction of sp³-hybridized carbons (Fsp3) is 0.222. The Morgan fingerprint density at radius 1 is 1.23 bits per heavy atom. The number of amides is 1. The van der Waals surface area contributed by atoms with Crippen LogP contribution in [-0.2, 0) is 4.79 Å². The maximum absolute atomic E-state index is 11.8. The molecule has 0 bridgehead atoms. The van der Waals surface area contributed by atoms with E-state index in [1.807, 2.05) is 26.0 Å². The second-order valence-corrected chi connectivity index (χ2v) is 5.30. The molecule has 0 saturated heterocycles. The van der Waals surface area contributed by atoms with E-state index < -0.39 is 6.10 Å². The zero-order chi connectivity index (χ0) is 15.9. The molecular formula is C18H20N2O2. The first-order valence-corrected chi connectivity index (χ1v) is 7.17. The number of nitrogens with zero attached hydrogens (tertiary/aromatic N) is 1. The number of aromatic nitrogens is 1. The monoisotopic (exact) mass is 296 g/mol. The van der Waals surface area contributed by atoms with Crippen molar-refractivity contribution in [2.24, 2.45) is 0 Å². The van der Waals surface area contributed by atoms with Crippen LogP contribution in [0.5, 0.6) is 0 Å². The van der Waals surface area contributed by atoms with E-state index in [0.29, 0.717) is 0 Å². The summed E-state index contributed by atoms with van der Waals surface area (Å²) >= 11 is 0. The maximum atomic E-state index is 11.8. The van der Waals surface area contributed by atoms with Crippen molar-refractivity contribution in [2.45, 2.75) is 20.0 Å². The van der Waals surface area contributed by atoms with Crippen molar-refractivity contribution < 1.29 is 9.90 Å². The van der Waals surface area contributed by atoms with Crippen molar-refractivity contribution >= 4 is 12.0 Å². The predicted octanol–water partition coefficient (Wildman–Crippen LogP) is 2.56. The minimum absolute atomic E-state index is 0.167. The van der Waals surface area contributed by atoms with Crippen LogP contribution in [0.3, 0.4) is 0 Å². The van der Waals surface area contributed by atoms with Gasteiger partial charge in [0.25, 0.3) is 0 Å². The molecule has 0 aliphatic rings. The van der Waals surface area contributed by atoms with E-state index in [4.69, 9.17) is 0 Å². The van der Waals surface area contributed by atoms with Crippen LogP contribution < -0.4 is 5.32 Å².